The number of rotatable bonds is 6. The number of ether oxygens (including phenoxy) is 1. The van der Waals surface area contributed by atoms with Gasteiger partial charge in [0.1, 0.15) is 5.75 Å². The Morgan fingerprint density at radius 2 is 1.68 bits per heavy atom. The molecule has 4 aromatic rings. The first-order valence-electron chi connectivity index (χ1n) is 11.6. The van der Waals surface area contributed by atoms with Crippen LogP contribution in [0, 0.1) is 13.8 Å². The first-order valence-corrected chi connectivity index (χ1v) is 12.0. The molecule has 6 heteroatoms. The SMILES string of the molecule is CCOc1ccc(N2C(=S)N[C@H](c3ccccn3)[C@H]2c2cc(C)n(-c3ccccc3)c2C)cc1. The minimum Gasteiger partial charge on any atom is -0.494 e. The van der Waals surface area contributed by atoms with Gasteiger partial charge in [-0.05, 0) is 93.1 Å². The number of aromatic nitrogens is 2. The maximum Gasteiger partial charge on any atom is 0.174 e. The summed E-state index contributed by atoms with van der Waals surface area (Å²) in [6.45, 7) is 6.96. The van der Waals surface area contributed by atoms with E-state index in [1.54, 1.807) is 0 Å². The lowest BCUT2D eigenvalue weighted by Gasteiger charge is -2.28. The Morgan fingerprint density at radius 1 is 0.941 bits per heavy atom. The number of nitrogens with zero attached hydrogens (tertiary/aromatic N) is 3. The fourth-order valence-electron chi connectivity index (χ4n) is 4.88. The minimum atomic E-state index is -0.0787. The molecule has 1 aliphatic heterocycles. The lowest BCUT2D eigenvalue weighted by atomic mass is 9.96. The van der Waals surface area contributed by atoms with Crippen LogP contribution in [-0.2, 0) is 0 Å². The third-order valence-electron chi connectivity index (χ3n) is 6.33. The quantitative estimate of drug-likeness (QED) is 0.348. The Kier molecular flexibility index (Phi) is 6.07. The molecule has 1 saturated heterocycles. The highest BCUT2D eigenvalue weighted by Gasteiger charge is 2.42. The topological polar surface area (TPSA) is 42.3 Å². The van der Waals surface area contributed by atoms with Crippen molar-refractivity contribution in [2.45, 2.75) is 32.9 Å². The van der Waals surface area contributed by atoms with Crippen LogP contribution in [0.5, 0.6) is 5.75 Å². The number of anilines is 1. The monoisotopic (exact) mass is 468 g/mol. The van der Waals surface area contributed by atoms with E-state index in [-0.39, 0.29) is 12.1 Å². The molecule has 1 fully saturated rings. The Bertz CT molecular complexity index is 1290. The standard InChI is InChI=1S/C28H28N4OS/c1-4-33-23-15-13-22(14-16-23)32-27(26(30-28(32)34)25-12-8-9-17-29-25)24-18-19(2)31(20(24)3)21-10-6-5-7-11-21/h5-18,26-27H,4H2,1-3H3,(H,30,34)/t26-,27-/m1/s1. The molecule has 172 valence electrons. The molecule has 3 heterocycles. The first kappa shape index (κ1) is 22.2. The van der Waals surface area contributed by atoms with Gasteiger partial charge in [-0.2, -0.15) is 0 Å². The van der Waals surface area contributed by atoms with Gasteiger partial charge in [0.2, 0.25) is 0 Å². The Balaban J connectivity index is 1.64. The highest BCUT2D eigenvalue weighted by atomic mass is 32.1. The van der Waals surface area contributed by atoms with Crippen molar-refractivity contribution < 1.29 is 4.74 Å². The Labute approximate surface area is 206 Å². The third kappa shape index (κ3) is 3.94. The predicted molar refractivity (Wildman–Crippen MR) is 141 cm³/mol. The van der Waals surface area contributed by atoms with Crippen molar-refractivity contribution in [1.82, 2.24) is 14.9 Å². The number of nitrogens with one attached hydrogen (secondary N) is 1. The van der Waals surface area contributed by atoms with Crippen molar-refractivity contribution in [3.8, 4) is 11.4 Å². The normalized spacial score (nSPS) is 17.6. The van der Waals surface area contributed by atoms with Crippen LogP contribution in [0.4, 0.5) is 5.69 Å². The molecule has 2 aromatic heterocycles. The largest absolute Gasteiger partial charge is 0.494 e. The number of thiocarbonyl (C=S) groups is 1. The van der Waals surface area contributed by atoms with Crippen LogP contribution in [0.2, 0.25) is 0 Å². The van der Waals surface area contributed by atoms with Crippen molar-refractivity contribution in [2.24, 2.45) is 0 Å². The van der Waals surface area contributed by atoms with Gasteiger partial charge in [0.25, 0.3) is 0 Å². The van der Waals surface area contributed by atoms with E-state index >= 15 is 0 Å². The summed E-state index contributed by atoms with van der Waals surface area (Å²) in [6.07, 6.45) is 1.84. The zero-order chi connectivity index (χ0) is 23.7. The molecule has 1 N–H and O–H groups in total. The lowest BCUT2D eigenvalue weighted by Crippen LogP contribution is -2.29. The molecule has 2 aromatic carbocycles. The van der Waals surface area contributed by atoms with Crippen molar-refractivity contribution in [3.05, 3.63) is 108 Å². The molecule has 0 aliphatic carbocycles. The highest BCUT2D eigenvalue weighted by Crippen LogP contribution is 2.44. The van der Waals surface area contributed by atoms with Gasteiger partial charge in [-0.1, -0.05) is 24.3 Å². The molecule has 5 rings (SSSR count). The van der Waals surface area contributed by atoms with Crippen molar-refractivity contribution in [2.75, 3.05) is 11.5 Å². The number of hydrogen-bond acceptors (Lipinski definition) is 3. The summed E-state index contributed by atoms with van der Waals surface area (Å²) in [6, 6.07) is 26.8. The second-order valence-corrected chi connectivity index (χ2v) is 8.81. The zero-order valence-corrected chi connectivity index (χ0v) is 20.4. The maximum atomic E-state index is 5.89. The summed E-state index contributed by atoms with van der Waals surface area (Å²) in [4.78, 5) is 6.89. The molecular weight excluding hydrogens is 440 g/mol. The smallest absolute Gasteiger partial charge is 0.174 e. The molecule has 0 amide bonds. The van der Waals surface area contributed by atoms with Crippen LogP contribution < -0.4 is 15.0 Å². The van der Waals surface area contributed by atoms with E-state index in [2.05, 4.69) is 82.1 Å². The fraction of sp³-hybridized carbons (Fsp3) is 0.214. The molecule has 0 bridgehead atoms. The van der Waals surface area contributed by atoms with Crippen LogP contribution in [0.15, 0.2) is 85.1 Å². The number of pyridine rings is 1. The molecule has 0 saturated carbocycles. The molecule has 0 spiro atoms. The Hall–Kier alpha value is -3.64. The van der Waals surface area contributed by atoms with E-state index in [1.165, 1.54) is 17.0 Å². The van der Waals surface area contributed by atoms with Crippen molar-refractivity contribution in [1.29, 1.82) is 0 Å². The van der Waals surface area contributed by atoms with E-state index in [0.717, 1.165) is 22.8 Å². The van der Waals surface area contributed by atoms with Gasteiger partial charge in [0, 0.05) is 29.0 Å². The summed E-state index contributed by atoms with van der Waals surface area (Å²) in [5.41, 5.74) is 6.74. The average Bonchev–Trinajstić information content (AvgIpc) is 3.36. The van der Waals surface area contributed by atoms with Crippen LogP contribution in [0.1, 0.15) is 41.7 Å². The summed E-state index contributed by atoms with van der Waals surface area (Å²) in [5.74, 6) is 0.851. The van der Waals surface area contributed by atoms with Crippen LogP contribution in [0.3, 0.4) is 0 Å². The average molecular weight is 469 g/mol. The number of aryl methyl sites for hydroxylation is 1. The number of hydrogen-bond donors (Lipinski definition) is 1. The lowest BCUT2D eigenvalue weighted by molar-refractivity contribution is 0.340. The predicted octanol–water partition coefficient (Wildman–Crippen LogP) is 6.06. The summed E-state index contributed by atoms with van der Waals surface area (Å²) >= 11 is 5.89. The highest BCUT2D eigenvalue weighted by molar-refractivity contribution is 7.80. The van der Waals surface area contributed by atoms with Crippen molar-refractivity contribution in [3.63, 3.8) is 0 Å². The second-order valence-electron chi connectivity index (χ2n) is 8.42. The van der Waals surface area contributed by atoms with E-state index in [4.69, 9.17) is 17.0 Å². The molecule has 1 aliphatic rings. The molecule has 0 radical (unpaired) electrons. The number of benzene rings is 2. The summed E-state index contributed by atoms with van der Waals surface area (Å²) in [5, 5.41) is 4.25. The van der Waals surface area contributed by atoms with Crippen LogP contribution in [-0.4, -0.2) is 21.3 Å². The van der Waals surface area contributed by atoms with E-state index in [1.807, 2.05) is 43.5 Å². The van der Waals surface area contributed by atoms with E-state index < -0.39 is 0 Å². The molecule has 5 nitrogen and oxygen atoms in total. The fourth-order valence-corrected chi connectivity index (χ4v) is 5.23. The van der Waals surface area contributed by atoms with Crippen LogP contribution in [0.25, 0.3) is 5.69 Å². The zero-order valence-electron chi connectivity index (χ0n) is 19.6. The molecule has 0 unspecified atom stereocenters. The van der Waals surface area contributed by atoms with Gasteiger partial charge in [-0.15, -0.1) is 0 Å². The van der Waals surface area contributed by atoms with Gasteiger partial charge in [-0.25, -0.2) is 0 Å². The first-order chi connectivity index (χ1) is 16.6. The summed E-state index contributed by atoms with van der Waals surface area (Å²) in [7, 11) is 0. The maximum absolute atomic E-state index is 5.89. The van der Waals surface area contributed by atoms with Gasteiger partial charge in [-0.3, -0.25) is 4.98 Å². The third-order valence-corrected chi connectivity index (χ3v) is 6.64. The molecule has 34 heavy (non-hydrogen) atoms. The van der Waals surface area contributed by atoms with E-state index in [0.29, 0.717) is 11.7 Å². The van der Waals surface area contributed by atoms with Crippen molar-refractivity contribution >= 4 is 23.0 Å². The minimum absolute atomic E-state index is 0.0518. The van der Waals surface area contributed by atoms with Gasteiger partial charge in [0.05, 0.1) is 24.4 Å². The second kappa shape index (κ2) is 9.31. The molecule has 2 atom stereocenters. The Morgan fingerprint density at radius 3 is 2.35 bits per heavy atom. The molecular formula is C28H28N4OS. The van der Waals surface area contributed by atoms with Gasteiger partial charge < -0.3 is 19.5 Å². The van der Waals surface area contributed by atoms with E-state index in [9.17, 15) is 0 Å². The van der Waals surface area contributed by atoms with Crippen LogP contribution >= 0.6 is 12.2 Å². The number of para-hydroxylation sites is 1. The van der Waals surface area contributed by atoms with Gasteiger partial charge >= 0.3 is 0 Å². The summed E-state index contributed by atoms with van der Waals surface area (Å²) < 4.78 is 7.97. The van der Waals surface area contributed by atoms with Gasteiger partial charge in [0.15, 0.2) is 5.11 Å².